The topological polar surface area (TPSA) is 204 Å². The second kappa shape index (κ2) is 21.7. The first-order valence-electron chi connectivity index (χ1n) is 19.3. The third-order valence-corrected chi connectivity index (χ3v) is 8.83. The molecule has 0 aliphatic heterocycles. The number of carbonyl (C=O) groups is 5. The number of hydrogen-bond acceptors (Lipinski definition) is 8. The van der Waals surface area contributed by atoms with Crippen LogP contribution >= 0.6 is 0 Å². The summed E-state index contributed by atoms with van der Waals surface area (Å²) in [4.78, 5) is 74.5. The van der Waals surface area contributed by atoms with Gasteiger partial charge in [0.1, 0.15) is 23.7 Å². The number of aliphatic hydroxyl groups is 1. The maximum absolute atomic E-state index is 14.0. The van der Waals surface area contributed by atoms with Gasteiger partial charge in [-0.3, -0.25) is 19.2 Å². The zero-order valence-electron chi connectivity index (χ0n) is 33.9. The Morgan fingerprint density at radius 3 is 1.86 bits per heavy atom. The molecule has 0 saturated carbocycles. The van der Waals surface area contributed by atoms with E-state index < -0.39 is 59.7 Å². The fraction of sp³-hybridized carbons (Fsp3) is 0.524. The lowest BCUT2D eigenvalue weighted by Gasteiger charge is -2.29. The SMILES string of the molecule is CC(C)CC(NC(=O)[C@H](Cc1cnc[nH]1)NC(=O)[C@H](Cc1ccccc1)NC(=O)OC(C)(C)C)C(O)CC(=O)N[C@@H](CC(C)C)C(=O)NC(C)c1ccccc1. The summed E-state index contributed by atoms with van der Waals surface area (Å²) >= 11 is 0. The van der Waals surface area contributed by atoms with Gasteiger partial charge in [-0.15, -0.1) is 0 Å². The molecular weight excluding hydrogens is 715 g/mol. The van der Waals surface area contributed by atoms with E-state index in [2.05, 4.69) is 36.6 Å². The zero-order chi connectivity index (χ0) is 41.4. The molecule has 306 valence electrons. The fourth-order valence-electron chi connectivity index (χ4n) is 6.14. The summed E-state index contributed by atoms with van der Waals surface area (Å²) in [5.74, 6) is -2.03. The summed E-state index contributed by atoms with van der Waals surface area (Å²) < 4.78 is 5.43. The quantitative estimate of drug-likeness (QED) is 0.0882. The Morgan fingerprint density at radius 2 is 1.29 bits per heavy atom. The average Bonchev–Trinajstić information content (AvgIpc) is 3.63. The Hall–Kier alpha value is -5.24. The molecule has 14 nitrogen and oxygen atoms in total. The van der Waals surface area contributed by atoms with Crippen molar-refractivity contribution in [3.05, 3.63) is 90.0 Å². The molecule has 6 atom stereocenters. The van der Waals surface area contributed by atoms with Crippen molar-refractivity contribution in [2.45, 2.75) is 129 Å². The Kier molecular flexibility index (Phi) is 17.5. The van der Waals surface area contributed by atoms with Crippen LogP contribution in [0.4, 0.5) is 4.79 Å². The number of benzene rings is 2. The predicted molar refractivity (Wildman–Crippen MR) is 214 cm³/mol. The standard InChI is InChI=1S/C42H61N7O7/c1-26(2)19-32(36(50)23-37(51)46-33(20-27(3)4)38(52)45-28(5)30-17-13-10-14-18-30)47-40(54)35(22-31-24-43-25-44-31)48-39(53)34(21-29-15-11-9-12-16-29)49-41(55)56-42(6,7)8/h9-18,24-28,32-36,50H,19-23H2,1-8H3,(H,43,44)(H,45,52)(H,46,51)(H,47,54)(H,48,53)(H,49,55)/t28?,32?,33-,34-,35-,36?/m0/s1. The number of nitrogens with zero attached hydrogens (tertiary/aromatic N) is 1. The smallest absolute Gasteiger partial charge is 0.408 e. The minimum atomic E-state index is -1.32. The highest BCUT2D eigenvalue weighted by molar-refractivity contribution is 5.92. The first-order chi connectivity index (χ1) is 26.4. The summed E-state index contributed by atoms with van der Waals surface area (Å²) in [6.07, 6.45) is 1.31. The van der Waals surface area contributed by atoms with Gasteiger partial charge < -0.3 is 41.4 Å². The maximum atomic E-state index is 14.0. The van der Waals surface area contributed by atoms with Gasteiger partial charge in [0.05, 0.1) is 30.9 Å². The van der Waals surface area contributed by atoms with E-state index in [0.29, 0.717) is 18.5 Å². The Bertz CT molecular complexity index is 1680. The number of nitrogens with one attached hydrogen (secondary N) is 6. The number of rotatable bonds is 20. The molecule has 1 heterocycles. The minimum Gasteiger partial charge on any atom is -0.444 e. The van der Waals surface area contributed by atoms with Gasteiger partial charge in [0, 0.05) is 24.7 Å². The number of imidazole rings is 1. The van der Waals surface area contributed by atoms with Crippen molar-refractivity contribution in [1.29, 1.82) is 0 Å². The van der Waals surface area contributed by atoms with Crippen LogP contribution in [0.2, 0.25) is 0 Å². The van der Waals surface area contributed by atoms with Crippen LogP contribution in [0.15, 0.2) is 73.2 Å². The Balaban J connectivity index is 1.77. The number of aromatic amines is 1. The third-order valence-electron chi connectivity index (χ3n) is 8.83. The number of alkyl carbamates (subject to hydrolysis) is 1. The van der Waals surface area contributed by atoms with E-state index in [1.165, 1.54) is 12.5 Å². The molecule has 3 unspecified atom stereocenters. The van der Waals surface area contributed by atoms with E-state index in [0.717, 1.165) is 11.1 Å². The lowest BCUT2D eigenvalue weighted by Crippen LogP contribution is -2.58. The molecule has 1 aromatic heterocycles. The first kappa shape index (κ1) is 45.2. The van der Waals surface area contributed by atoms with Gasteiger partial charge in [0.2, 0.25) is 23.6 Å². The maximum Gasteiger partial charge on any atom is 0.408 e. The second-order valence-corrected chi connectivity index (χ2v) is 16.1. The van der Waals surface area contributed by atoms with Crippen molar-refractivity contribution in [2.24, 2.45) is 11.8 Å². The van der Waals surface area contributed by atoms with Crippen LogP contribution in [0.5, 0.6) is 0 Å². The number of amides is 5. The van der Waals surface area contributed by atoms with Gasteiger partial charge in [-0.05, 0) is 63.5 Å². The van der Waals surface area contributed by atoms with Crippen LogP contribution in [0.25, 0.3) is 0 Å². The van der Waals surface area contributed by atoms with E-state index in [4.69, 9.17) is 4.74 Å². The van der Waals surface area contributed by atoms with E-state index in [9.17, 15) is 29.1 Å². The molecule has 3 rings (SSSR count). The summed E-state index contributed by atoms with van der Waals surface area (Å²) in [7, 11) is 0. The van der Waals surface area contributed by atoms with E-state index in [1.807, 2.05) is 95.3 Å². The highest BCUT2D eigenvalue weighted by Gasteiger charge is 2.33. The van der Waals surface area contributed by atoms with Crippen molar-refractivity contribution >= 4 is 29.7 Å². The molecule has 0 saturated heterocycles. The van der Waals surface area contributed by atoms with Crippen LogP contribution < -0.4 is 26.6 Å². The van der Waals surface area contributed by atoms with E-state index >= 15 is 0 Å². The van der Waals surface area contributed by atoms with Gasteiger partial charge in [-0.2, -0.15) is 0 Å². The third kappa shape index (κ3) is 16.2. The van der Waals surface area contributed by atoms with Gasteiger partial charge in [0.15, 0.2) is 0 Å². The van der Waals surface area contributed by atoms with Gasteiger partial charge in [0.25, 0.3) is 0 Å². The van der Waals surface area contributed by atoms with E-state index in [-0.39, 0.29) is 43.0 Å². The molecule has 0 aliphatic carbocycles. The molecular formula is C42H61N7O7. The normalized spacial score (nSPS) is 14.8. The number of carbonyl (C=O) groups excluding carboxylic acids is 5. The molecule has 7 N–H and O–H groups in total. The number of ether oxygens (including phenoxy) is 1. The van der Waals surface area contributed by atoms with Crippen LogP contribution in [0.3, 0.4) is 0 Å². The summed E-state index contributed by atoms with van der Waals surface area (Å²) in [5.41, 5.74) is 1.44. The van der Waals surface area contributed by atoms with Gasteiger partial charge in [-0.25, -0.2) is 9.78 Å². The van der Waals surface area contributed by atoms with Crippen molar-refractivity contribution in [3.63, 3.8) is 0 Å². The summed E-state index contributed by atoms with van der Waals surface area (Å²) in [6.45, 7) is 14.7. The molecule has 0 spiro atoms. The minimum absolute atomic E-state index is 0.00545. The molecule has 0 aliphatic rings. The molecule has 56 heavy (non-hydrogen) atoms. The molecule has 14 heteroatoms. The first-order valence-corrected chi connectivity index (χ1v) is 19.3. The zero-order valence-corrected chi connectivity index (χ0v) is 33.9. The number of hydrogen-bond donors (Lipinski definition) is 7. The largest absolute Gasteiger partial charge is 0.444 e. The molecule has 0 radical (unpaired) electrons. The molecule has 5 amide bonds. The Morgan fingerprint density at radius 1 is 0.714 bits per heavy atom. The lowest BCUT2D eigenvalue weighted by molar-refractivity contribution is -0.132. The van der Waals surface area contributed by atoms with Crippen molar-refractivity contribution in [1.82, 2.24) is 36.6 Å². The molecule has 2 aromatic carbocycles. The molecule has 0 bridgehead atoms. The van der Waals surface area contributed by atoms with Crippen LogP contribution in [0, 0.1) is 11.8 Å². The van der Waals surface area contributed by atoms with Gasteiger partial charge in [-0.1, -0.05) is 88.4 Å². The van der Waals surface area contributed by atoms with Crippen LogP contribution in [0.1, 0.15) is 97.5 Å². The highest BCUT2D eigenvalue weighted by Crippen LogP contribution is 2.16. The highest BCUT2D eigenvalue weighted by atomic mass is 16.6. The van der Waals surface area contributed by atoms with Crippen LogP contribution in [-0.2, 0) is 36.8 Å². The number of aromatic nitrogens is 2. The Labute approximate surface area is 330 Å². The summed E-state index contributed by atoms with van der Waals surface area (Å²) in [5, 5.41) is 25.5. The monoisotopic (exact) mass is 775 g/mol. The van der Waals surface area contributed by atoms with Crippen molar-refractivity contribution < 1.29 is 33.8 Å². The average molecular weight is 776 g/mol. The predicted octanol–water partition coefficient (Wildman–Crippen LogP) is 4.26. The lowest BCUT2D eigenvalue weighted by atomic mass is 9.95. The van der Waals surface area contributed by atoms with Crippen molar-refractivity contribution in [3.8, 4) is 0 Å². The van der Waals surface area contributed by atoms with E-state index in [1.54, 1.807) is 20.8 Å². The van der Waals surface area contributed by atoms with Gasteiger partial charge >= 0.3 is 6.09 Å². The molecule has 0 fully saturated rings. The van der Waals surface area contributed by atoms with Crippen molar-refractivity contribution in [2.75, 3.05) is 0 Å². The second-order valence-electron chi connectivity index (χ2n) is 16.1. The van der Waals surface area contributed by atoms with Crippen LogP contribution in [-0.4, -0.2) is 80.7 Å². The fourth-order valence-corrected chi connectivity index (χ4v) is 6.14. The number of aliphatic hydroxyl groups excluding tert-OH is 1. The number of H-pyrrole nitrogens is 1. The molecule has 3 aromatic rings. The summed E-state index contributed by atoms with van der Waals surface area (Å²) in [6, 6.07) is 14.3.